The van der Waals surface area contributed by atoms with E-state index in [0.29, 0.717) is 19.5 Å². The topological polar surface area (TPSA) is 78.4 Å². The normalized spacial score (nSPS) is 11.9. The summed E-state index contributed by atoms with van der Waals surface area (Å²) in [5, 5.41) is 16.2. The van der Waals surface area contributed by atoms with Crippen molar-refractivity contribution in [3.05, 3.63) is 21.9 Å². The minimum Gasteiger partial charge on any atom is -0.481 e. The first-order valence-corrected chi connectivity index (χ1v) is 7.69. The Labute approximate surface area is 123 Å². The second-order valence-corrected chi connectivity index (χ2v) is 5.82. The molecule has 1 unspecified atom stereocenters. The molecule has 112 valence electrons. The number of amides is 2. The molecule has 1 aromatic rings. The van der Waals surface area contributed by atoms with Gasteiger partial charge in [0.15, 0.2) is 0 Å². The fourth-order valence-electron chi connectivity index (χ4n) is 1.80. The first-order valence-electron chi connectivity index (χ1n) is 6.81. The van der Waals surface area contributed by atoms with Crippen molar-refractivity contribution in [2.24, 2.45) is 5.92 Å². The van der Waals surface area contributed by atoms with Crippen LogP contribution in [0.4, 0.5) is 4.79 Å². The summed E-state index contributed by atoms with van der Waals surface area (Å²) >= 11 is 1.64. The fraction of sp³-hybridized carbons (Fsp3) is 0.571. The van der Waals surface area contributed by atoms with Gasteiger partial charge in [-0.1, -0.05) is 13.8 Å². The lowest BCUT2D eigenvalue weighted by Crippen LogP contribution is -2.37. The number of carboxylic acid groups (broad SMARTS) is 1. The van der Waals surface area contributed by atoms with E-state index in [1.807, 2.05) is 12.3 Å². The van der Waals surface area contributed by atoms with E-state index in [9.17, 15) is 9.59 Å². The SMILES string of the molecule is CCc1ccsc1CNC(=O)NCC(C)CCC(=O)O. The van der Waals surface area contributed by atoms with E-state index < -0.39 is 5.97 Å². The summed E-state index contributed by atoms with van der Waals surface area (Å²) in [7, 11) is 0. The number of carboxylic acids is 1. The molecule has 0 aromatic carbocycles. The zero-order valence-corrected chi connectivity index (χ0v) is 12.8. The molecule has 0 aliphatic heterocycles. The number of thiophene rings is 1. The van der Waals surface area contributed by atoms with Crippen LogP contribution >= 0.6 is 11.3 Å². The number of aryl methyl sites for hydroxylation is 1. The second-order valence-electron chi connectivity index (χ2n) is 4.82. The molecule has 1 rings (SSSR count). The highest BCUT2D eigenvalue weighted by Gasteiger charge is 2.08. The molecule has 0 fully saturated rings. The van der Waals surface area contributed by atoms with Gasteiger partial charge in [0, 0.05) is 17.8 Å². The molecule has 1 aromatic heterocycles. The van der Waals surface area contributed by atoms with Gasteiger partial charge in [-0.05, 0) is 35.8 Å². The van der Waals surface area contributed by atoms with Crippen molar-refractivity contribution in [1.82, 2.24) is 10.6 Å². The third-order valence-electron chi connectivity index (χ3n) is 3.09. The standard InChI is InChI=1S/C14H22N2O3S/c1-3-11-6-7-20-12(11)9-16-14(19)15-8-10(2)4-5-13(17)18/h6-7,10H,3-5,8-9H2,1-2H3,(H,17,18)(H2,15,16,19). The van der Waals surface area contributed by atoms with Gasteiger partial charge in [0.25, 0.3) is 0 Å². The number of urea groups is 1. The Balaban J connectivity index is 2.22. The molecule has 0 spiro atoms. The Kier molecular flexibility index (Phi) is 7.08. The molecule has 1 atom stereocenters. The van der Waals surface area contributed by atoms with Crippen molar-refractivity contribution in [1.29, 1.82) is 0 Å². The van der Waals surface area contributed by atoms with Crippen LogP contribution in [0.1, 0.15) is 37.1 Å². The second kappa shape index (κ2) is 8.58. The Morgan fingerprint density at radius 3 is 2.80 bits per heavy atom. The van der Waals surface area contributed by atoms with E-state index in [0.717, 1.165) is 6.42 Å². The summed E-state index contributed by atoms with van der Waals surface area (Å²) in [5.41, 5.74) is 1.27. The Bertz CT molecular complexity index is 445. The minimum absolute atomic E-state index is 0.138. The summed E-state index contributed by atoms with van der Waals surface area (Å²) in [4.78, 5) is 23.3. The van der Waals surface area contributed by atoms with Gasteiger partial charge in [0.2, 0.25) is 0 Å². The quantitative estimate of drug-likeness (QED) is 0.690. The van der Waals surface area contributed by atoms with Crippen LogP contribution < -0.4 is 10.6 Å². The molecule has 20 heavy (non-hydrogen) atoms. The molecular weight excluding hydrogens is 276 g/mol. The highest BCUT2D eigenvalue weighted by Crippen LogP contribution is 2.16. The van der Waals surface area contributed by atoms with E-state index in [-0.39, 0.29) is 18.4 Å². The van der Waals surface area contributed by atoms with Gasteiger partial charge in [0.1, 0.15) is 0 Å². The van der Waals surface area contributed by atoms with Crippen molar-refractivity contribution in [3.8, 4) is 0 Å². The van der Waals surface area contributed by atoms with Crippen molar-refractivity contribution in [2.45, 2.75) is 39.7 Å². The minimum atomic E-state index is -0.800. The van der Waals surface area contributed by atoms with Crippen LogP contribution in [0, 0.1) is 5.92 Å². The first-order chi connectivity index (χ1) is 9.52. The average molecular weight is 298 g/mol. The number of nitrogens with one attached hydrogen (secondary N) is 2. The lowest BCUT2D eigenvalue weighted by molar-refractivity contribution is -0.137. The van der Waals surface area contributed by atoms with Gasteiger partial charge in [-0.15, -0.1) is 11.3 Å². The predicted molar refractivity (Wildman–Crippen MR) is 80.0 cm³/mol. The lowest BCUT2D eigenvalue weighted by Gasteiger charge is -2.12. The molecule has 0 saturated carbocycles. The molecule has 0 aliphatic rings. The highest BCUT2D eigenvalue weighted by molar-refractivity contribution is 7.10. The van der Waals surface area contributed by atoms with Crippen LogP contribution in [0.2, 0.25) is 0 Å². The summed E-state index contributed by atoms with van der Waals surface area (Å²) in [6.07, 6.45) is 1.67. The summed E-state index contributed by atoms with van der Waals surface area (Å²) in [6.45, 7) is 5.05. The number of aliphatic carboxylic acids is 1. The van der Waals surface area contributed by atoms with Crippen molar-refractivity contribution in [2.75, 3.05) is 6.54 Å². The van der Waals surface area contributed by atoms with Crippen LogP contribution in [0.3, 0.4) is 0 Å². The lowest BCUT2D eigenvalue weighted by atomic mass is 10.1. The zero-order chi connectivity index (χ0) is 15.0. The number of carbonyl (C=O) groups is 2. The molecule has 2 amide bonds. The summed E-state index contributed by atoms with van der Waals surface area (Å²) in [5.74, 6) is -0.643. The van der Waals surface area contributed by atoms with Crippen molar-refractivity contribution in [3.63, 3.8) is 0 Å². The van der Waals surface area contributed by atoms with Gasteiger partial charge in [-0.3, -0.25) is 4.79 Å². The monoisotopic (exact) mass is 298 g/mol. The molecule has 0 radical (unpaired) electrons. The van der Waals surface area contributed by atoms with Crippen LogP contribution in [-0.4, -0.2) is 23.7 Å². The van der Waals surface area contributed by atoms with E-state index in [1.165, 1.54) is 10.4 Å². The molecule has 1 heterocycles. The Hall–Kier alpha value is -1.56. The van der Waals surface area contributed by atoms with Gasteiger partial charge >= 0.3 is 12.0 Å². The smallest absolute Gasteiger partial charge is 0.315 e. The molecule has 3 N–H and O–H groups in total. The zero-order valence-electron chi connectivity index (χ0n) is 11.9. The fourth-order valence-corrected chi connectivity index (χ4v) is 2.71. The number of hydrogen-bond acceptors (Lipinski definition) is 3. The van der Waals surface area contributed by atoms with Gasteiger partial charge < -0.3 is 15.7 Å². The molecule has 6 heteroatoms. The summed E-state index contributed by atoms with van der Waals surface area (Å²) < 4.78 is 0. The van der Waals surface area contributed by atoms with Crippen molar-refractivity contribution < 1.29 is 14.7 Å². The molecule has 0 aliphatic carbocycles. The number of hydrogen-bond donors (Lipinski definition) is 3. The molecule has 0 bridgehead atoms. The van der Waals surface area contributed by atoms with E-state index in [4.69, 9.17) is 5.11 Å². The van der Waals surface area contributed by atoms with Gasteiger partial charge in [-0.2, -0.15) is 0 Å². The molecule has 0 saturated heterocycles. The van der Waals surface area contributed by atoms with Crippen molar-refractivity contribution >= 4 is 23.3 Å². The summed E-state index contributed by atoms with van der Waals surface area (Å²) in [6, 6.07) is 1.87. The maximum atomic E-state index is 11.6. The molecular formula is C14H22N2O3S. The maximum absolute atomic E-state index is 11.6. The Morgan fingerprint density at radius 1 is 1.40 bits per heavy atom. The van der Waals surface area contributed by atoms with Crippen LogP contribution in [0.5, 0.6) is 0 Å². The van der Waals surface area contributed by atoms with E-state index >= 15 is 0 Å². The number of carbonyl (C=O) groups excluding carboxylic acids is 1. The predicted octanol–water partition coefficient (Wildman–Crippen LogP) is 2.61. The van der Waals surface area contributed by atoms with Crippen LogP contribution in [-0.2, 0) is 17.8 Å². The number of rotatable bonds is 8. The third kappa shape index (κ3) is 6.06. The van der Waals surface area contributed by atoms with Gasteiger partial charge in [-0.25, -0.2) is 4.79 Å². The molecule has 5 nitrogen and oxygen atoms in total. The largest absolute Gasteiger partial charge is 0.481 e. The first kappa shape index (κ1) is 16.5. The van der Waals surface area contributed by atoms with E-state index in [1.54, 1.807) is 11.3 Å². The van der Waals surface area contributed by atoms with Crippen LogP contribution in [0.15, 0.2) is 11.4 Å². The van der Waals surface area contributed by atoms with Crippen LogP contribution in [0.25, 0.3) is 0 Å². The Morgan fingerprint density at radius 2 is 2.15 bits per heavy atom. The maximum Gasteiger partial charge on any atom is 0.315 e. The third-order valence-corrected chi connectivity index (χ3v) is 4.05. The highest BCUT2D eigenvalue weighted by atomic mass is 32.1. The van der Waals surface area contributed by atoms with E-state index in [2.05, 4.69) is 23.6 Å². The van der Waals surface area contributed by atoms with Gasteiger partial charge in [0.05, 0.1) is 6.54 Å². The average Bonchev–Trinajstić information content (AvgIpc) is 2.87.